The highest BCUT2D eigenvalue weighted by Crippen LogP contribution is 2.15. The zero-order valence-electron chi connectivity index (χ0n) is 12.2. The molecule has 2 atom stereocenters. The maximum absolute atomic E-state index is 9.85. The van der Waals surface area contributed by atoms with Crippen LogP contribution in [0.5, 0.6) is 0 Å². The lowest BCUT2D eigenvalue weighted by Crippen LogP contribution is -2.40. The summed E-state index contributed by atoms with van der Waals surface area (Å²) in [6.45, 7) is 3.30. The topological polar surface area (TPSA) is 47.3 Å². The van der Waals surface area contributed by atoms with Gasteiger partial charge in [-0.1, -0.05) is 60.7 Å². The van der Waals surface area contributed by atoms with Gasteiger partial charge in [0.05, 0.1) is 6.07 Å². The van der Waals surface area contributed by atoms with Crippen LogP contribution in [-0.4, -0.2) is 22.2 Å². The second-order valence-electron chi connectivity index (χ2n) is 5.19. The third kappa shape index (κ3) is 4.42. The molecule has 108 valence electrons. The van der Waals surface area contributed by atoms with Gasteiger partial charge in [0.1, 0.15) is 0 Å². The van der Waals surface area contributed by atoms with Crippen LogP contribution >= 0.6 is 0 Å². The Balaban J connectivity index is 2.16. The lowest BCUT2D eigenvalue weighted by Gasteiger charge is -2.30. The zero-order chi connectivity index (χ0) is 15.1. The summed E-state index contributed by atoms with van der Waals surface area (Å²) in [5.41, 5.74) is 2.34. The van der Waals surface area contributed by atoms with Crippen molar-refractivity contribution in [3.63, 3.8) is 0 Å². The fourth-order valence-electron chi connectivity index (χ4n) is 2.29. The zero-order valence-corrected chi connectivity index (χ0v) is 12.2. The Morgan fingerprint density at radius 3 is 1.76 bits per heavy atom. The van der Waals surface area contributed by atoms with E-state index in [2.05, 4.69) is 29.2 Å². The van der Waals surface area contributed by atoms with Crippen molar-refractivity contribution in [2.45, 2.75) is 32.2 Å². The van der Waals surface area contributed by atoms with Crippen molar-refractivity contribution in [3.05, 3.63) is 71.8 Å². The summed E-state index contributed by atoms with van der Waals surface area (Å²) in [5, 5.41) is 18.8. The van der Waals surface area contributed by atoms with E-state index in [9.17, 15) is 5.11 Å². The Hall–Kier alpha value is -2.15. The van der Waals surface area contributed by atoms with E-state index < -0.39 is 6.10 Å². The molecule has 3 nitrogen and oxygen atoms in total. The number of aliphatic hydroxyl groups is 1. The number of aliphatic hydroxyl groups excluding tert-OH is 1. The average Bonchev–Trinajstić information content (AvgIpc) is 2.54. The molecule has 0 aliphatic heterocycles. The molecule has 0 aliphatic rings. The first-order valence-electron chi connectivity index (χ1n) is 7.10. The molecule has 0 amide bonds. The van der Waals surface area contributed by atoms with Crippen LogP contribution in [0.2, 0.25) is 0 Å². The van der Waals surface area contributed by atoms with Crippen molar-refractivity contribution < 1.29 is 5.11 Å². The number of hydrogen-bond acceptors (Lipinski definition) is 3. The molecule has 0 aliphatic carbocycles. The van der Waals surface area contributed by atoms with Crippen LogP contribution < -0.4 is 0 Å². The molecule has 0 bridgehead atoms. The summed E-state index contributed by atoms with van der Waals surface area (Å²) in [4.78, 5) is 2.12. The van der Waals surface area contributed by atoms with Crippen molar-refractivity contribution in [2.24, 2.45) is 0 Å². The normalized spacial score (nSPS) is 13.6. The van der Waals surface area contributed by atoms with E-state index in [4.69, 9.17) is 5.26 Å². The van der Waals surface area contributed by atoms with Crippen LogP contribution in [-0.2, 0) is 13.1 Å². The van der Waals surface area contributed by atoms with Gasteiger partial charge in [0.25, 0.3) is 0 Å². The minimum Gasteiger partial charge on any atom is -0.376 e. The predicted molar refractivity (Wildman–Crippen MR) is 83.2 cm³/mol. The van der Waals surface area contributed by atoms with Crippen LogP contribution in [0.1, 0.15) is 18.1 Å². The molecule has 0 spiro atoms. The molecule has 0 heterocycles. The molecular formula is C18H20N2O. The minimum atomic E-state index is -0.988. The lowest BCUT2D eigenvalue weighted by molar-refractivity contribution is 0.0823. The smallest absolute Gasteiger partial charge is 0.155 e. The minimum absolute atomic E-state index is 0.226. The van der Waals surface area contributed by atoms with Gasteiger partial charge in [-0.25, -0.2) is 0 Å². The molecule has 2 aromatic carbocycles. The second kappa shape index (κ2) is 7.58. The highest BCUT2D eigenvalue weighted by atomic mass is 16.3. The number of nitriles is 1. The molecule has 2 rings (SSSR count). The molecule has 21 heavy (non-hydrogen) atoms. The summed E-state index contributed by atoms with van der Waals surface area (Å²) in [6, 6.07) is 21.9. The van der Waals surface area contributed by atoms with E-state index in [0.29, 0.717) is 13.1 Å². The molecule has 1 N–H and O–H groups in total. The summed E-state index contributed by atoms with van der Waals surface area (Å²) in [6.07, 6.45) is -0.988. The molecular weight excluding hydrogens is 260 g/mol. The summed E-state index contributed by atoms with van der Waals surface area (Å²) in [5.74, 6) is 0. The van der Waals surface area contributed by atoms with Crippen LogP contribution in [0.15, 0.2) is 60.7 Å². The average molecular weight is 280 g/mol. The van der Waals surface area contributed by atoms with Crippen molar-refractivity contribution >= 4 is 0 Å². The standard InChI is InChI=1S/C18H20N2O/c1-15(18(21)12-19)20(13-16-8-4-2-5-9-16)14-17-10-6-3-7-11-17/h2-11,15,18,21H,13-14H2,1H3/t15-,18?/m0/s1. The first-order valence-corrected chi connectivity index (χ1v) is 7.10. The Morgan fingerprint density at radius 1 is 0.952 bits per heavy atom. The van der Waals surface area contributed by atoms with Gasteiger partial charge in [0, 0.05) is 19.1 Å². The van der Waals surface area contributed by atoms with Gasteiger partial charge in [-0.2, -0.15) is 5.26 Å². The van der Waals surface area contributed by atoms with Gasteiger partial charge >= 0.3 is 0 Å². The Bertz CT molecular complexity index is 536. The van der Waals surface area contributed by atoms with Crippen molar-refractivity contribution in [2.75, 3.05) is 0 Å². The van der Waals surface area contributed by atoms with Crippen LogP contribution in [0.25, 0.3) is 0 Å². The number of nitrogens with zero attached hydrogens (tertiary/aromatic N) is 2. The fraction of sp³-hybridized carbons (Fsp3) is 0.278. The Labute approximate surface area is 126 Å². The summed E-state index contributed by atoms with van der Waals surface area (Å²) >= 11 is 0. The van der Waals surface area contributed by atoms with E-state index in [0.717, 1.165) is 0 Å². The summed E-state index contributed by atoms with van der Waals surface area (Å²) in [7, 11) is 0. The van der Waals surface area contributed by atoms with Gasteiger partial charge in [0.15, 0.2) is 6.10 Å². The van der Waals surface area contributed by atoms with Crippen molar-refractivity contribution in [1.82, 2.24) is 4.90 Å². The first-order chi connectivity index (χ1) is 10.2. The number of benzene rings is 2. The molecule has 0 aromatic heterocycles. The summed E-state index contributed by atoms with van der Waals surface area (Å²) < 4.78 is 0. The van der Waals surface area contributed by atoms with Gasteiger partial charge in [-0.15, -0.1) is 0 Å². The van der Waals surface area contributed by atoms with E-state index in [1.54, 1.807) is 0 Å². The predicted octanol–water partition coefficient (Wildman–Crippen LogP) is 2.96. The quantitative estimate of drug-likeness (QED) is 0.828. The molecule has 0 radical (unpaired) electrons. The largest absolute Gasteiger partial charge is 0.376 e. The van der Waals surface area contributed by atoms with Crippen LogP contribution in [0.3, 0.4) is 0 Å². The Morgan fingerprint density at radius 2 is 1.38 bits per heavy atom. The molecule has 0 fully saturated rings. The highest BCUT2D eigenvalue weighted by molar-refractivity contribution is 5.17. The third-order valence-corrected chi connectivity index (χ3v) is 3.62. The van der Waals surface area contributed by atoms with E-state index in [1.807, 2.05) is 49.4 Å². The van der Waals surface area contributed by atoms with Gasteiger partial charge in [-0.3, -0.25) is 4.90 Å². The van der Waals surface area contributed by atoms with Gasteiger partial charge in [0.2, 0.25) is 0 Å². The van der Waals surface area contributed by atoms with Crippen LogP contribution in [0, 0.1) is 11.3 Å². The third-order valence-electron chi connectivity index (χ3n) is 3.62. The maximum Gasteiger partial charge on any atom is 0.155 e. The van der Waals surface area contributed by atoms with E-state index in [1.165, 1.54) is 11.1 Å². The second-order valence-corrected chi connectivity index (χ2v) is 5.19. The fourth-order valence-corrected chi connectivity index (χ4v) is 2.29. The molecule has 0 saturated heterocycles. The monoisotopic (exact) mass is 280 g/mol. The number of hydrogen-bond donors (Lipinski definition) is 1. The molecule has 1 unspecified atom stereocenters. The molecule has 2 aromatic rings. The number of rotatable bonds is 6. The van der Waals surface area contributed by atoms with Gasteiger partial charge < -0.3 is 5.11 Å². The highest BCUT2D eigenvalue weighted by Gasteiger charge is 2.21. The molecule has 0 saturated carbocycles. The van der Waals surface area contributed by atoms with Gasteiger partial charge in [-0.05, 0) is 18.1 Å². The van der Waals surface area contributed by atoms with Crippen molar-refractivity contribution in [3.8, 4) is 6.07 Å². The van der Waals surface area contributed by atoms with E-state index >= 15 is 0 Å². The molecule has 3 heteroatoms. The Kier molecular flexibility index (Phi) is 5.51. The first kappa shape index (κ1) is 15.2. The lowest BCUT2D eigenvalue weighted by atomic mass is 10.1. The SMILES string of the molecule is C[C@@H](C(O)C#N)N(Cc1ccccc1)Cc1ccccc1. The maximum atomic E-state index is 9.85. The van der Waals surface area contributed by atoms with Crippen molar-refractivity contribution in [1.29, 1.82) is 5.26 Å². The van der Waals surface area contributed by atoms with E-state index in [-0.39, 0.29) is 6.04 Å². The van der Waals surface area contributed by atoms with Crippen LogP contribution in [0.4, 0.5) is 0 Å².